The number of carbonyl (C=O) groups excluding carboxylic acids is 1. The smallest absolute Gasteiger partial charge is 0.317 e. The molecule has 7 heteroatoms. The third-order valence-electron chi connectivity index (χ3n) is 2.59. The summed E-state index contributed by atoms with van der Waals surface area (Å²) in [5, 5.41) is 20.9. The van der Waals surface area contributed by atoms with E-state index in [1.54, 1.807) is 13.8 Å². The summed E-state index contributed by atoms with van der Waals surface area (Å²) < 4.78 is -0.982. The average Bonchev–Trinajstić information content (AvgIpc) is 2.18. The normalized spacial score (nSPS) is 14.2. The zero-order chi connectivity index (χ0) is 16.3. The first-order chi connectivity index (χ1) is 8.75. The van der Waals surface area contributed by atoms with Gasteiger partial charge in [-0.2, -0.15) is 12.6 Å². The zero-order valence-electron chi connectivity index (χ0n) is 12.4. The van der Waals surface area contributed by atoms with Gasteiger partial charge in [0, 0.05) is 5.54 Å². The summed E-state index contributed by atoms with van der Waals surface area (Å²) in [5.74, 6) is -4.87. The highest BCUT2D eigenvalue weighted by atomic mass is 32.1. The van der Waals surface area contributed by atoms with Crippen LogP contribution in [0.1, 0.15) is 41.0 Å². The van der Waals surface area contributed by atoms with Gasteiger partial charge in [0.15, 0.2) is 11.7 Å². The molecule has 6 nitrogen and oxygen atoms in total. The van der Waals surface area contributed by atoms with E-state index in [1.807, 2.05) is 20.8 Å². The summed E-state index contributed by atoms with van der Waals surface area (Å²) in [7, 11) is 0. The third-order valence-corrected chi connectivity index (χ3v) is 2.81. The van der Waals surface area contributed by atoms with E-state index in [2.05, 4.69) is 17.9 Å². The molecule has 0 amide bonds. The minimum atomic E-state index is -1.63. The Balaban J connectivity index is 5.28. The van der Waals surface area contributed by atoms with Gasteiger partial charge in [-0.15, -0.1) is 0 Å². The number of aliphatic carboxylic acids is 2. The van der Waals surface area contributed by atoms with Crippen molar-refractivity contribution in [3.8, 4) is 0 Å². The second kappa shape index (κ2) is 6.58. The van der Waals surface area contributed by atoms with Crippen molar-refractivity contribution in [3.63, 3.8) is 0 Å². The van der Waals surface area contributed by atoms with Crippen molar-refractivity contribution in [2.45, 2.75) is 57.4 Å². The second-order valence-electron chi connectivity index (χ2n) is 6.33. The molecule has 0 radical (unpaired) electrons. The molecule has 0 saturated carbocycles. The first-order valence-corrected chi connectivity index (χ1v) is 6.70. The van der Waals surface area contributed by atoms with Crippen LogP contribution < -0.4 is 5.32 Å². The SMILES string of the molecule is CC(C)(C)N[C@@H](CC(C(=O)O)C(=O)O)C(=O)C(C)(C)S. The molecule has 0 rings (SSSR count). The Kier molecular flexibility index (Phi) is 6.23. The lowest BCUT2D eigenvalue weighted by molar-refractivity contribution is -0.155. The predicted molar refractivity (Wildman–Crippen MR) is 78.1 cm³/mol. The van der Waals surface area contributed by atoms with E-state index in [9.17, 15) is 14.4 Å². The standard InChI is InChI=1S/C13H23NO5S/c1-12(2,3)14-8(9(15)13(4,5)20)6-7(10(16)17)11(18)19/h7-8,14,20H,6H2,1-5H3,(H,16,17)(H,18,19)/t8-/m0/s1. The van der Waals surface area contributed by atoms with Gasteiger partial charge in [0.05, 0.1) is 10.8 Å². The molecule has 0 aliphatic carbocycles. The molecule has 116 valence electrons. The van der Waals surface area contributed by atoms with Crippen LogP contribution in [0.4, 0.5) is 0 Å². The summed E-state index contributed by atoms with van der Waals surface area (Å²) in [6.45, 7) is 8.62. The molecule has 20 heavy (non-hydrogen) atoms. The van der Waals surface area contributed by atoms with Crippen LogP contribution in [0.25, 0.3) is 0 Å². The van der Waals surface area contributed by atoms with Gasteiger partial charge < -0.3 is 15.5 Å². The number of carbonyl (C=O) groups is 3. The first kappa shape index (κ1) is 18.9. The highest BCUT2D eigenvalue weighted by molar-refractivity contribution is 7.82. The Labute approximate surface area is 124 Å². The fourth-order valence-corrected chi connectivity index (χ4v) is 1.88. The van der Waals surface area contributed by atoms with Crippen molar-refractivity contribution in [1.82, 2.24) is 5.32 Å². The number of hydrogen-bond donors (Lipinski definition) is 4. The van der Waals surface area contributed by atoms with Gasteiger partial charge >= 0.3 is 11.9 Å². The van der Waals surface area contributed by atoms with Crippen molar-refractivity contribution in [3.05, 3.63) is 0 Å². The van der Waals surface area contributed by atoms with Crippen LogP contribution in [0.5, 0.6) is 0 Å². The lowest BCUT2D eigenvalue weighted by Gasteiger charge is -2.32. The number of carboxylic acid groups (broad SMARTS) is 2. The summed E-state index contributed by atoms with van der Waals surface area (Å²) in [5.41, 5.74) is -0.457. The van der Waals surface area contributed by atoms with Crippen molar-refractivity contribution < 1.29 is 24.6 Å². The van der Waals surface area contributed by atoms with Gasteiger partial charge in [-0.25, -0.2) is 0 Å². The van der Waals surface area contributed by atoms with Crippen molar-refractivity contribution in [2.75, 3.05) is 0 Å². The van der Waals surface area contributed by atoms with E-state index < -0.39 is 34.2 Å². The number of hydrogen-bond acceptors (Lipinski definition) is 5. The molecule has 0 heterocycles. The minimum absolute atomic E-state index is 0.315. The summed E-state index contributed by atoms with van der Waals surface area (Å²) in [6.07, 6.45) is -0.315. The van der Waals surface area contributed by atoms with Gasteiger partial charge in [0.2, 0.25) is 0 Å². The number of ketones is 1. The minimum Gasteiger partial charge on any atom is -0.481 e. The lowest BCUT2D eigenvalue weighted by Crippen LogP contribution is -2.53. The largest absolute Gasteiger partial charge is 0.481 e. The summed E-state index contributed by atoms with van der Waals surface area (Å²) in [4.78, 5) is 34.2. The Morgan fingerprint density at radius 3 is 1.70 bits per heavy atom. The molecule has 0 bridgehead atoms. The quantitative estimate of drug-likeness (QED) is 0.416. The van der Waals surface area contributed by atoms with Crippen molar-refractivity contribution in [2.24, 2.45) is 5.92 Å². The van der Waals surface area contributed by atoms with E-state index in [1.165, 1.54) is 0 Å². The Hall–Kier alpha value is -1.08. The van der Waals surface area contributed by atoms with Gasteiger partial charge in [0.1, 0.15) is 0 Å². The molecule has 0 unspecified atom stereocenters. The van der Waals surface area contributed by atoms with Crippen LogP contribution >= 0.6 is 12.6 Å². The third kappa shape index (κ3) is 6.38. The zero-order valence-corrected chi connectivity index (χ0v) is 13.3. The number of rotatable bonds is 7. The first-order valence-electron chi connectivity index (χ1n) is 6.25. The van der Waals surface area contributed by atoms with Crippen LogP contribution in [-0.2, 0) is 14.4 Å². The number of thiol groups is 1. The van der Waals surface area contributed by atoms with Gasteiger partial charge in [-0.05, 0) is 41.0 Å². The van der Waals surface area contributed by atoms with Crippen LogP contribution in [0.3, 0.4) is 0 Å². The molecule has 0 aliphatic heterocycles. The molecule has 0 aromatic heterocycles. The monoisotopic (exact) mass is 305 g/mol. The maximum Gasteiger partial charge on any atom is 0.317 e. The molecule has 0 aromatic rings. The molecule has 0 saturated heterocycles. The fourth-order valence-electron chi connectivity index (χ4n) is 1.72. The van der Waals surface area contributed by atoms with E-state index in [-0.39, 0.29) is 12.2 Å². The van der Waals surface area contributed by atoms with Crippen LogP contribution in [-0.4, -0.2) is 44.3 Å². The number of nitrogens with one attached hydrogen (secondary N) is 1. The van der Waals surface area contributed by atoms with Crippen LogP contribution in [0, 0.1) is 5.92 Å². The van der Waals surface area contributed by atoms with E-state index in [4.69, 9.17) is 10.2 Å². The lowest BCUT2D eigenvalue weighted by atomic mass is 9.90. The van der Waals surface area contributed by atoms with E-state index >= 15 is 0 Å². The Bertz CT molecular complexity index is 381. The second-order valence-corrected chi connectivity index (χ2v) is 7.45. The maximum absolute atomic E-state index is 12.3. The molecule has 0 aliphatic rings. The van der Waals surface area contributed by atoms with Crippen molar-refractivity contribution >= 4 is 30.4 Å². The fraction of sp³-hybridized carbons (Fsp3) is 0.769. The molecule has 0 fully saturated rings. The van der Waals surface area contributed by atoms with E-state index in [0.29, 0.717) is 0 Å². The molecule has 1 atom stereocenters. The Morgan fingerprint density at radius 2 is 1.45 bits per heavy atom. The number of Topliss-reactive ketones (excluding diaryl/α,β-unsaturated/α-hetero) is 1. The summed E-state index contributed by atoms with van der Waals surface area (Å²) in [6, 6.07) is -0.889. The maximum atomic E-state index is 12.3. The van der Waals surface area contributed by atoms with E-state index in [0.717, 1.165) is 0 Å². The topological polar surface area (TPSA) is 104 Å². The highest BCUT2D eigenvalue weighted by Gasteiger charge is 2.38. The van der Waals surface area contributed by atoms with Crippen molar-refractivity contribution in [1.29, 1.82) is 0 Å². The van der Waals surface area contributed by atoms with Gasteiger partial charge in [0.25, 0.3) is 0 Å². The predicted octanol–water partition coefficient (Wildman–Crippen LogP) is 1.20. The Morgan fingerprint density at radius 1 is 1.05 bits per heavy atom. The molecular formula is C13H23NO5S. The highest BCUT2D eigenvalue weighted by Crippen LogP contribution is 2.21. The van der Waals surface area contributed by atoms with Gasteiger partial charge in [-0.1, -0.05) is 0 Å². The molecular weight excluding hydrogens is 282 g/mol. The molecule has 3 N–H and O–H groups in total. The molecule has 0 spiro atoms. The average molecular weight is 305 g/mol. The van der Waals surface area contributed by atoms with Gasteiger partial charge in [-0.3, -0.25) is 14.4 Å². The summed E-state index contributed by atoms with van der Waals surface area (Å²) >= 11 is 4.18. The van der Waals surface area contributed by atoms with Crippen LogP contribution in [0.2, 0.25) is 0 Å². The number of carboxylic acids is 2. The van der Waals surface area contributed by atoms with Crippen LogP contribution in [0.15, 0.2) is 0 Å². The molecule has 0 aromatic carbocycles.